The number of aryl methyl sites for hydroxylation is 2. The predicted molar refractivity (Wildman–Crippen MR) is 103 cm³/mol. The van der Waals surface area contributed by atoms with E-state index in [0.717, 1.165) is 24.2 Å². The number of carbonyl (C=O) groups excluding carboxylic acids is 3. The molecule has 4 rings (SSSR count). The second-order valence-corrected chi connectivity index (χ2v) is 7.53. The van der Waals surface area contributed by atoms with E-state index in [1.54, 1.807) is 18.2 Å². The van der Waals surface area contributed by atoms with Gasteiger partial charge >= 0.3 is 6.03 Å². The smallest absolute Gasteiger partial charge is 0.319 e. The van der Waals surface area contributed by atoms with Crippen LogP contribution in [0.4, 0.5) is 10.5 Å². The zero-order valence-corrected chi connectivity index (χ0v) is 16.2. The summed E-state index contributed by atoms with van der Waals surface area (Å²) < 4.78 is 1.88. The number of imide groups is 1. The van der Waals surface area contributed by atoms with E-state index in [-0.39, 0.29) is 29.9 Å². The van der Waals surface area contributed by atoms with Crippen molar-refractivity contribution in [3.05, 3.63) is 46.8 Å². The summed E-state index contributed by atoms with van der Waals surface area (Å²) in [6.45, 7) is 6.29. The molecule has 2 aliphatic rings. The Labute approximate surface area is 162 Å². The highest BCUT2D eigenvalue weighted by Crippen LogP contribution is 2.35. The number of fused-ring (bicyclic) bond motifs is 1. The molecule has 0 bridgehead atoms. The van der Waals surface area contributed by atoms with Gasteiger partial charge in [-0.25, -0.2) is 4.79 Å². The lowest BCUT2D eigenvalue weighted by atomic mass is 10.1. The summed E-state index contributed by atoms with van der Waals surface area (Å²) in [5, 5.41) is 9.97. The summed E-state index contributed by atoms with van der Waals surface area (Å²) in [7, 11) is 0. The van der Waals surface area contributed by atoms with Gasteiger partial charge in [0.1, 0.15) is 0 Å². The summed E-state index contributed by atoms with van der Waals surface area (Å²) in [5.74, 6) is -0.512. The second kappa shape index (κ2) is 6.78. The Bertz CT molecular complexity index is 976. The molecule has 2 heterocycles. The highest BCUT2D eigenvalue weighted by molar-refractivity contribution is 6.22. The highest BCUT2D eigenvalue weighted by atomic mass is 16.2. The van der Waals surface area contributed by atoms with E-state index in [4.69, 9.17) is 0 Å². The molecule has 2 N–H and O–H groups in total. The Kier molecular flexibility index (Phi) is 4.41. The minimum atomic E-state index is -0.371. The molecule has 8 nitrogen and oxygen atoms in total. The van der Waals surface area contributed by atoms with Crippen LogP contribution in [0.1, 0.15) is 57.9 Å². The number of benzene rings is 1. The van der Waals surface area contributed by atoms with Gasteiger partial charge in [-0.2, -0.15) is 5.10 Å². The topological polar surface area (TPSA) is 96.3 Å². The first-order valence-corrected chi connectivity index (χ1v) is 9.44. The van der Waals surface area contributed by atoms with Gasteiger partial charge in [0.25, 0.3) is 11.8 Å². The van der Waals surface area contributed by atoms with Crippen LogP contribution >= 0.6 is 0 Å². The number of aromatic nitrogens is 2. The van der Waals surface area contributed by atoms with Crippen molar-refractivity contribution in [3.8, 4) is 0 Å². The summed E-state index contributed by atoms with van der Waals surface area (Å²) in [5.41, 5.74) is 3.21. The number of hydrogen-bond acceptors (Lipinski definition) is 4. The summed E-state index contributed by atoms with van der Waals surface area (Å²) in [4.78, 5) is 38.5. The summed E-state index contributed by atoms with van der Waals surface area (Å²) in [6, 6.07) is 6.47. The third-order valence-electron chi connectivity index (χ3n) is 5.11. The molecule has 1 aliphatic carbocycles. The Balaban J connectivity index is 1.39. The molecular formula is C20H23N5O3. The van der Waals surface area contributed by atoms with E-state index in [9.17, 15) is 14.4 Å². The zero-order valence-electron chi connectivity index (χ0n) is 16.2. The number of nitrogens with zero attached hydrogens (tertiary/aromatic N) is 3. The van der Waals surface area contributed by atoms with E-state index >= 15 is 0 Å². The van der Waals surface area contributed by atoms with Gasteiger partial charge in [0.2, 0.25) is 0 Å². The van der Waals surface area contributed by atoms with E-state index in [1.165, 1.54) is 4.90 Å². The van der Waals surface area contributed by atoms with Crippen molar-refractivity contribution in [2.75, 3.05) is 11.9 Å². The monoisotopic (exact) mass is 381 g/mol. The van der Waals surface area contributed by atoms with Crippen molar-refractivity contribution in [2.45, 2.75) is 45.7 Å². The Hall–Kier alpha value is -3.16. The van der Waals surface area contributed by atoms with Crippen LogP contribution in [-0.2, 0) is 0 Å². The standard InChI is InChI=1S/C20H23N5O3/c1-11-8-12(2)25(23-11)13(3)10-21-20(28)22-14-4-7-16-17(9-14)19(27)24(18(16)26)15-5-6-15/h4,7-9,13,15H,5-6,10H2,1-3H3,(H2,21,22,28). The normalized spacial score (nSPS) is 16.9. The summed E-state index contributed by atoms with van der Waals surface area (Å²) >= 11 is 0. The van der Waals surface area contributed by atoms with Crippen molar-refractivity contribution in [2.24, 2.45) is 0 Å². The lowest BCUT2D eigenvalue weighted by Gasteiger charge is -2.15. The molecule has 0 spiro atoms. The first kappa shape index (κ1) is 18.2. The fourth-order valence-electron chi connectivity index (χ4n) is 3.60. The van der Waals surface area contributed by atoms with Crippen LogP contribution in [0, 0.1) is 13.8 Å². The molecule has 1 atom stereocenters. The van der Waals surface area contributed by atoms with Crippen LogP contribution in [0.25, 0.3) is 0 Å². The molecule has 0 saturated heterocycles. The average Bonchev–Trinajstić information content (AvgIpc) is 3.38. The minimum absolute atomic E-state index is 0.00534. The quantitative estimate of drug-likeness (QED) is 0.778. The molecule has 1 aromatic heterocycles. The molecule has 1 unspecified atom stereocenters. The maximum absolute atomic E-state index is 12.5. The van der Waals surface area contributed by atoms with Gasteiger partial charge in [-0.3, -0.25) is 19.2 Å². The molecule has 8 heteroatoms. The van der Waals surface area contributed by atoms with Gasteiger partial charge < -0.3 is 10.6 Å². The van der Waals surface area contributed by atoms with Crippen molar-refractivity contribution in [3.63, 3.8) is 0 Å². The van der Waals surface area contributed by atoms with E-state index < -0.39 is 0 Å². The largest absolute Gasteiger partial charge is 0.336 e. The predicted octanol–water partition coefficient (Wildman–Crippen LogP) is 2.64. The van der Waals surface area contributed by atoms with Crippen molar-refractivity contribution < 1.29 is 14.4 Å². The molecule has 2 aromatic rings. The van der Waals surface area contributed by atoms with Crippen molar-refractivity contribution >= 4 is 23.5 Å². The molecule has 28 heavy (non-hydrogen) atoms. The van der Waals surface area contributed by atoms with Crippen molar-refractivity contribution in [1.29, 1.82) is 0 Å². The first-order chi connectivity index (χ1) is 13.3. The number of nitrogens with one attached hydrogen (secondary N) is 2. The third-order valence-corrected chi connectivity index (χ3v) is 5.11. The van der Waals surface area contributed by atoms with Gasteiger partial charge in [0.05, 0.1) is 22.9 Å². The molecule has 0 radical (unpaired) electrons. The van der Waals surface area contributed by atoms with Gasteiger partial charge in [0, 0.05) is 24.0 Å². The Morgan fingerprint density at radius 3 is 2.54 bits per heavy atom. The fraction of sp³-hybridized carbons (Fsp3) is 0.400. The average molecular weight is 381 g/mol. The van der Waals surface area contributed by atoms with Crippen LogP contribution in [0.15, 0.2) is 24.3 Å². The number of anilines is 1. The fourth-order valence-corrected chi connectivity index (χ4v) is 3.60. The molecular weight excluding hydrogens is 358 g/mol. The van der Waals surface area contributed by atoms with E-state index in [2.05, 4.69) is 15.7 Å². The third kappa shape index (κ3) is 3.26. The van der Waals surface area contributed by atoms with Gasteiger partial charge in [-0.05, 0) is 57.9 Å². The molecule has 4 amide bonds. The van der Waals surface area contributed by atoms with Crippen LogP contribution in [0.3, 0.4) is 0 Å². The molecule has 1 aliphatic heterocycles. The number of amides is 4. The van der Waals surface area contributed by atoms with Crippen molar-refractivity contribution in [1.82, 2.24) is 20.0 Å². The van der Waals surface area contributed by atoms with Gasteiger partial charge in [-0.1, -0.05) is 0 Å². The first-order valence-electron chi connectivity index (χ1n) is 9.44. The lowest BCUT2D eigenvalue weighted by Crippen LogP contribution is -2.33. The molecule has 1 saturated carbocycles. The molecule has 146 valence electrons. The zero-order chi connectivity index (χ0) is 20.0. The SMILES string of the molecule is Cc1cc(C)n(C(C)CNC(=O)Nc2ccc3c(c2)C(=O)N(C2CC2)C3=O)n1. The van der Waals surface area contributed by atoms with Gasteiger partial charge in [-0.15, -0.1) is 0 Å². The number of hydrogen-bond donors (Lipinski definition) is 2. The highest BCUT2D eigenvalue weighted by Gasteiger charge is 2.44. The number of rotatable bonds is 5. The Morgan fingerprint density at radius 2 is 1.89 bits per heavy atom. The Morgan fingerprint density at radius 1 is 1.18 bits per heavy atom. The van der Waals surface area contributed by atoms with Crippen LogP contribution in [0.2, 0.25) is 0 Å². The van der Waals surface area contributed by atoms with Crippen LogP contribution in [0.5, 0.6) is 0 Å². The minimum Gasteiger partial charge on any atom is -0.336 e. The van der Waals surface area contributed by atoms with Gasteiger partial charge in [0.15, 0.2) is 0 Å². The summed E-state index contributed by atoms with van der Waals surface area (Å²) in [6.07, 6.45) is 1.73. The maximum Gasteiger partial charge on any atom is 0.319 e. The molecule has 1 fully saturated rings. The van der Waals surface area contributed by atoms with E-state index in [1.807, 2.05) is 31.5 Å². The second-order valence-electron chi connectivity index (χ2n) is 7.53. The number of urea groups is 1. The van der Waals surface area contributed by atoms with E-state index in [0.29, 0.717) is 23.4 Å². The van der Waals surface area contributed by atoms with Crippen LogP contribution in [-0.4, -0.2) is 45.1 Å². The molecule has 1 aromatic carbocycles. The maximum atomic E-state index is 12.5. The number of carbonyl (C=O) groups is 3. The lowest BCUT2D eigenvalue weighted by molar-refractivity contribution is 0.0642. The van der Waals surface area contributed by atoms with Crippen LogP contribution < -0.4 is 10.6 Å².